The van der Waals surface area contributed by atoms with E-state index < -0.39 is 0 Å². The number of para-hydroxylation sites is 1. The summed E-state index contributed by atoms with van der Waals surface area (Å²) in [6.07, 6.45) is 6.40. The van der Waals surface area contributed by atoms with Gasteiger partial charge in [0.25, 0.3) is 0 Å². The molecule has 0 amide bonds. The van der Waals surface area contributed by atoms with Crippen LogP contribution in [0.5, 0.6) is 11.5 Å². The molecule has 0 radical (unpaired) electrons. The number of unbranched alkanes of at least 4 members (excludes halogenated alkanes) is 3. The highest BCUT2D eigenvalue weighted by Gasteiger charge is 2.09. The Kier molecular flexibility index (Phi) is 5.88. The number of aromatic hydroxyl groups is 2. The topological polar surface area (TPSA) is 40.5 Å². The molecule has 2 aromatic rings. The van der Waals surface area contributed by atoms with Crippen LogP contribution in [0, 0.1) is 6.92 Å². The van der Waals surface area contributed by atoms with Gasteiger partial charge in [-0.05, 0) is 54.2 Å². The van der Waals surface area contributed by atoms with E-state index in [2.05, 4.69) is 13.0 Å². The maximum atomic E-state index is 10.1. The van der Waals surface area contributed by atoms with Crippen molar-refractivity contribution in [2.45, 2.75) is 52.4 Å². The molecule has 2 N–H and O–H groups in total. The lowest BCUT2D eigenvalue weighted by Crippen LogP contribution is -1.96. The molecular weight excluding hydrogens is 272 g/mol. The highest BCUT2D eigenvalue weighted by Crippen LogP contribution is 2.28. The summed E-state index contributed by atoms with van der Waals surface area (Å²) in [5.41, 5.74) is 4.18. The fourth-order valence-electron chi connectivity index (χ4n) is 2.79. The lowest BCUT2D eigenvalue weighted by atomic mass is 9.95. The Morgan fingerprint density at radius 3 is 2.32 bits per heavy atom. The normalized spacial score (nSPS) is 10.8. The van der Waals surface area contributed by atoms with E-state index in [4.69, 9.17) is 0 Å². The predicted octanol–water partition coefficient (Wildman–Crippen LogP) is 5.12. The van der Waals surface area contributed by atoms with Crippen LogP contribution >= 0.6 is 0 Å². The number of benzene rings is 2. The van der Waals surface area contributed by atoms with Crippen LogP contribution in [-0.4, -0.2) is 10.2 Å². The molecule has 0 fully saturated rings. The van der Waals surface area contributed by atoms with Gasteiger partial charge in [-0.25, -0.2) is 0 Å². The van der Waals surface area contributed by atoms with Crippen LogP contribution in [-0.2, 0) is 12.8 Å². The molecule has 0 aliphatic carbocycles. The van der Waals surface area contributed by atoms with E-state index in [0.717, 1.165) is 29.5 Å². The average Bonchev–Trinajstić information content (AvgIpc) is 2.50. The Hall–Kier alpha value is -1.96. The van der Waals surface area contributed by atoms with Crippen LogP contribution in [0.4, 0.5) is 0 Å². The van der Waals surface area contributed by atoms with Crippen molar-refractivity contribution in [2.75, 3.05) is 0 Å². The van der Waals surface area contributed by atoms with Crippen molar-refractivity contribution >= 4 is 0 Å². The van der Waals surface area contributed by atoms with Gasteiger partial charge in [0.15, 0.2) is 0 Å². The lowest BCUT2D eigenvalue weighted by molar-refractivity contribution is 0.465. The first-order chi connectivity index (χ1) is 10.6. The number of phenols is 2. The van der Waals surface area contributed by atoms with Crippen molar-refractivity contribution in [2.24, 2.45) is 0 Å². The fourth-order valence-corrected chi connectivity index (χ4v) is 2.79. The monoisotopic (exact) mass is 298 g/mol. The molecule has 0 spiro atoms. The van der Waals surface area contributed by atoms with Crippen LogP contribution in [0.1, 0.15) is 54.9 Å². The molecule has 0 saturated heterocycles. The minimum atomic E-state index is 0.333. The summed E-state index contributed by atoms with van der Waals surface area (Å²) in [5.74, 6) is 0.731. The molecule has 0 saturated carbocycles. The number of phenolic OH excluding ortho intramolecular Hbond substituents is 2. The third kappa shape index (κ3) is 4.27. The maximum Gasteiger partial charge on any atom is 0.119 e. The second-order valence-corrected chi connectivity index (χ2v) is 6.02. The van der Waals surface area contributed by atoms with Gasteiger partial charge < -0.3 is 10.2 Å². The molecule has 2 aromatic carbocycles. The van der Waals surface area contributed by atoms with Gasteiger partial charge in [-0.1, -0.05) is 50.5 Å². The third-order valence-electron chi connectivity index (χ3n) is 4.21. The van der Waals surface area contributed by atoms with E-state index in [0.29, 0.717) is 17.9 Å². The molecule has 0 aliphatic rings. The second-order valence-electron chi connectivity index (χ2n) is 6.02. The summed E-state index contributed by atoms with van der Waals surface area (Å²) in [6.45, 7) is 4.21. The molecular formula is C20H26O2. The van der Waals surface area contributed by atoms with Gasteiger partial charge in [-0.3, -0.25) is 0 Å². The number of hydrogen-bond donors (Lipinski definition) is 2. The third-order valence-corrected chi connectivity index (χ3v) is 4.21. The molecule has 0 aromatic heterocycles. The van der Waals surface area contributed by atoms with E-state index in [9.17, 15) is 10.2 Å². The van der Waals surface area contributed by atoms with Crippen molar-refractivity contribution in [3.05, 3.63) is 58.7 Å². The summed E-state index contributed by atoms with van der Waals surface area (Å²) in [4.78, 5) is 0. The predicted molar refractivity (Wildman–Crippen MR) is 91.6 cm³/mol. The Balaban J connectivity index is 2.15. The van der Waals surface area contributed by atoms with Gasteiger partial charge >= 0.3 is 0 Å². The van der Waals surface area contributed by atoms with E-state index in [1.165, 1.54) is 24.8 Å². The first-order valence-electron chi connectivity index (χ1n) is 8.20. The SMILES string of the molecule is CCCCCCc1cc(Cc2ccccc2O)c(C)cc1O. The van der Waals surface area contributed by atoms with Gasteiger partial charge in [0.05, 0.1) is 0 Å². The summed E-state index contributed by atoms with van der Waals surface area (Å²) < 4.78 is 0. The van der Waals surface area contributed by atoms with E-state index in [-0.39, 0.29) is 0 Å². The Morgan fingerprint density at radius 2 is 1.59 bits per heavy atom. The van der Waals surface area contributed by atoms with Gasteiger partial charge in [-0.2, -0.15) is 0 Å². The molecule has 118 valence electrons. The summed E-state index contributed by atoms with van der Waals surface area (Å²) in [7, 11) is 0. The zero-order valence-corrected chi connectivity index (χ0v) is 13.6. The molecule has 0 bridgehead atoms. The molecule has 0 aliphatic heterocycles. The summed E-state index contributed by atoms with van der Waals surface area (Å²) >= 11 is 0. The van der Waals surface area contributed by atoms with Gasteiger partial charge in [0.2, 0.25) is 0 Å². The maximum absolute atomic E-state index is 10.1. The highest BCUT2D eigenvalue weighted by molar-refractivity contribution is 5.45. The molecule has 0 unspecified atom stereocenters. The molecule has 0 heterocycles. The number of hydrogen-bond acceptors (Lipinski definition) is 2. The number of rotatable bonds is 7. The minimum Gasteiger partial charge on any atom is -0.508 e. The van der Waals surface area contributed by atoms with Crippen LogP contribution < -0.4 is 0 Å². The molecule has 0 atom stereocenters. The lowest BCUT2D eigenvalue weighted by Gasteiger charge is -2.12. The number of aryl methyl sites for hydroxylation is 2. The van der Waals surface area contributed by atoms with Crippen molar-refractivity contribution in [1.29, 1.82) is 0 Å². The molecule has 2 nitrogen and oxygen atoms in total. The average molecular weight is 298 g/mol. The quantitative estimate of drug-likeness (QED) is 0.696. The van der Waals surface area contributed by atoms with Crippen LogP contribution in [0.15, 0.2) is 36.4 Å². The molecule has 2 heteroatoms. The zero-order valence-electron chi connectivity index (χ0n) is 13.6. The minimum absolute atomic E-state index is 0.333. The van der Waals surface area contributed by atoms with Crippen molar-refractivity contribution in [1.82, 2.24) is 0 Å². The molecule has 2 rings (SSSR count). The van der Waals surface area contributed by atoms with Gasteiger partial charge in [0, 0.05) is 6.42 Å². The highest BCUT2D eigenvalue weighted by atomic mass is 16.3. The Labute approximate surface area is 133 Å². The summed E-state index contributed by atoms with van der Waals surface area (Å²) in [5, 5.41) is 20.1. The van der Waals surface area contributed by atoms with Gasteiger partial charge in [0.1, 0.15) is 11.5 Å². The Bertz CT molecular complexity index is 617. The van der Waals surface area contributed by atoms with E-state index >= 15 is 0 Å². The van der Waals surface area contributed by atoms with E-state index in [1.54, 1.807) is 6.07 Å². The first-order valence-corrected chi connectivity index (χ1v) is 8.20. The molecule has 22 heavy (non-hydrogen) atoms. The Morgan fingerprint density at radius 1 is 0.818 bits per heavy atom. The fraction of sp³-hybridized carbons (Fsp3) is 0.400. The largest absolute Gasteiger partial charge is 0.508 e. The van der Waals surface area contributed by atoms with Crippen LogP contribution in [0.3, 0.4) is 0 Å². The van der Waals surface area contributed by atoms with Crippen molar-refractivity contribution in [3.63, 3.8) is 0 Å². The van der Waals surface area contributed by atoms with Crippen LogP contribution in [0.25, 0.3) is 0 Å². The first kappa shape index (κ1) is 16.4. The zero-order chi connectivity index (χ0) is 15.9. The van der Waals surface area contributed by atoms with E-state index in [1.807, 2.05) is 31.2 Å². The smallest absolute Gasteiger partial charge is 0.119 e. The second kappa shape index (κ2) is 7.88. The van der Waals surface area contributed by atoms with Crippen LogP contribution in [0.2, 0.25) is 0 Å². The van der Waals surface area contributed by atoms with Crippen molar-refractivity contribution in [3.8, 4) is 11.5 Å². The van der Waals surface area contributed by atoms with Crippen molar-refractivity contribution < 1.29 is 10.2 Å². The standard InChI is InChI=1S/C20H26O2/c1-3-4-5-6-9-17-14-18(15(2)12-20(17)22)13-16-10-7-8-11-19(16)21/h7-8,10-12,14,21-22H,3-6,9,13H2,1-2H3. The summed E-state index contributed by atoms with van der Waals surface area (Å²) in [6, 6.07) is 11.4. The van der Waals surface area contributed by atoms with Gasteiger partial charge in [-0.15, -0.1) is 0 Å².